The molecule has 2 unspecified atom stereocenters. The van der Waals surface area contributed by atoms with Gasteiger partial charge in [0.2, 0.25) is 5.91 Å². The highest BCUT2D eigenvalue weighted by atomic mass is 16.6. The van der Waals surface area contributed by atoms with Gasteiger partial charge in [-0.2, -0.15) is 0 Å². The molecule has 0 spiro atoms. The lowest BCUT2D eigenvalue weighted by molar-refractivity contribution is -0.130. The fourth-order valence-corrected chi connectivity index (χ4v) is 1.71. The number of nitrogens with one attached hydrogen (secondary N) is 1. The maximum absolute atomic E-state index is 11.6. The van der Waals surface area contributed by atoms with Gasteiger partial charge in [0.25, 0.3) is 0 Å². The quantitative estimate of drug-likeness (QED) is 0.458. The predicted molar refractivity (Wildman–Crippen MR) is 68.6 cm³/mol. The summed E-state index contributed by atoms with van der Waals surface area (Å²) in [7, 11) is 1.43. The van der Waals surface area contributed by atoms with Crippen molar-refractivity contribution in [3.05, 3.63) is 0 Å². The third kappa shape index (κ3) is 8.16. The first kappa shape index (κ1) is 16.4. The minimum absolute atomic E-state index is 0.00412. The molecule has 102 valence electrons. The van der Waals surface area contributed by atoms with Crippen LogP contribution in [0, 0.1) is 0 Å². The van der Waals surface area contributed by atoms with E-state index in [1.54, 1.807) is 0 Å². The second-order valence-electron chi connectivity index (χ2n) is 4.37. The highest BCUT2D eigenvalue weighted by Gasteiger charge is 2.18. The largest absolute Gasteiger partial charge is 0.366 e. The van der Waals surface area contributed by atoms with Crippen molar-refractivity contribution in [1.29, 1.82) is 0 Å². The van der Waals surface area contributed by atoms with Crippen molar-refractivity contribution in [2.75, 3.05) is 7.11 Å². The molecule has 0 bridgehead atoms. The molecule has 4 nitrogen and oxygen atoms in total. The smallest absolute Gasteiger partial charge is 0.220 e. The lowest BCUT2D eigenvalue weighted by Crippen LogP contribution is -2.43. The number of aliphatic hydroxyl groups is 1. The third-order valence-corrected chi connectivity index (χ3v) is 2.88. The zero-order valence-electron chi connectivity index (χ0n) is 11.4. The molecular formula is C13H27NO3. The van der Waals surface area contributed by atoms with E-state index in [0.29, 0.717) is 12.8 Å². The van der Waals surface area contributed by atoms with Crippen LogP contribution >= 0.6 is 0 Å². The maximum atomic E-state index is 11.6. The highest BCUT2D eigenvalue weighted by Crippen LogP contribution is 2.06. The molecular weight excluding hydrogens is 218 g/mol. The Bertz CT molecular complexity index is 197. The summed E-state index contributed by atoms with van der Waals surface area (Å²) in [5.74, 6) is 0.00412. The second-order valence-corrected chi connectivity index (χ2v) is 4.37. The lowest BCUT2D eigenvalue weighted by atomic mass is 10.1. The summed E-state index contributed by atoms with van der Waals surface area (Å²) in [6.07, 6.45) is 5.96. The topological polar surface area (TPSA) is 58.6 Å². The number of hydrogen-bond donors (Lipinski definition) is 2. The Morgan fingerprint density at radius 2 is 1.88 bits per heavy atom. The SMILES string of the molecule is CCCCCCCC(=O)NC(CC)C(O)OC. The number of aliphatic hydroxyl groups excluding tert-OH is 1. The fraction of sp³-hybridized carbons (Fsp3) is 0.923. The fourth-order valence-electron chi connectivity index (χ4n) is 1.71. The molecule has 0 aliphatic carbocycles. The first-order chi connectivity index (χ1) is 8.15. The van der Waals surface area contributed by atoms with Gasteiger partial charge in [-0.05, 0) is 12.8 Å². The van der Waals surface area contributed by atoms with Gasteiger partial charge in [-0.1, -0.05) is 39.5 Å². The second kappa shape index (κ2) is 10.5. The Balaban J connectivity index is 3.68. The van der Waals surface area contributed by atoms with Crippen molar-refractivity contribution in [1.82, 2.24) is 5.32 Å². The Morgan fingerprint density at radius 3 is 2.41 bits per heavy atom. The van der Waals surface area contributed by atoms with Crippen LogP contribution in [0.1, 0.15) is 58.8 Å². The van der Waals surface area contributed by atoms with E-state index in [1.165, 1.54) is 26.4 Å². The Kier molecular flexibility index (Phi) is 10.2. The van der Waals surface area contributed by atoms with E-state index >= 15 is 0 Å². The zero-order chi connectivity index (χ0) is 13.1. The van der Waals surface area contributed by atoms with Gasteiger partial charge in [0.1, 0.15) is 0 Å². The standard InChI is InChI=1S/C13H27NO3/c1-4-6-7-8-9-10-12(15)14-11(5-2)13(16)17-3/h11,13,16H,4-10H2,1-3H3,(H,14,15). The van der Waals surface area contributed by atoms with Gasteiger partial charge in [-0.25, -0.2) is 0 Å². The van der Waals surface area contributed by atoms with E-state index in [4.69, 9.17) is 4.74 Å². The van der Waals surface area contributed by atoms with E-state index in [2.05, 4.69) is 12.2 Å². The molecule has 2 atom stereocenters. The average molecular weight is 245 g/mol. The number of methoxy groups -OCH3 is 1. The number of unbranched alkanes of at least 4 members (excludes halogenated alkanes) is 4. The summed E-state index contributed by atoms with van der Waals surface area (Å²) in [4.78, 5) is 11.6. The monoisotopic (exact) mass is 245 g/mol. The first-order valence-electron chi connectivity index (χ1n) is 6.65. The van der Waals surface area contributed by atoms with E-state index in [9.17, 15) is 9.90 Å². The van der Waals surface area contributed by atoms with Crippen LogP contribution in [0.5, 0.6) is 0 Å². The van der Waals surface area contributed by atoms with Crippen molar-refractivity contribution >= 4 is 5.91 Å². The van der Waals surface area contributed by atoms with Crippen molar-refractivity contribution in [3.63, 3.8) is 0 Å². The molecule has 0 aliphatic heterocycles. The van der Waals surface area contributed by atoms with Crippen LogP contribution in [0.4, 0.5) is 0 Å². The summed E-state index contributed by atoms with van der Waals surface area (Å²) in [6.45, 7) is 4.08. The highest BCUT2D eigenvalue weighted by molar-refractivity contribution is 5.76. The predicted octanol–water partition coefficient (Wildman–Crippen LogP) is 2.21. The Morgan fingerprint density at radius 1 is 1.24 bits per heavy atom. The normalized spacial score (nSPS) is 14.4. The third-order valence-electron chi connectivity index (χ3n) is 2.88. The molecule has 0 heterocycles. The van der Waals surface area contributed by atoms with Gasteiger partial charge in [0.15, 0.2) is 6.29 Å². The van der Waals surface area contributed by atoms with Gasteiger partial charge in [0, 0.05) is 13.5 Å². The van der Waals surface area contributed by atoms with Crippen LogP contribution in [0.3, 0.4) is 0 Å². The molecule has 0 aromatic rings. The van der Waals surface area contributed by atoms with Gasteiger partial charge >= 0.3 is 0 Å². The molecule has 17 heavy (non-hydrogen) atoms. The zero-order valence-corrected chi connectivity index (χ0v) is 11.4. The van der Waals surface area contributed by atoms with E-state index < -0.39 is 6.29 Å². The number of carbonyl (C=O) groups excluding carboxylic acids is 1. The minimum atomic E-state index is -0.913. The van der Waals surface area contributed by atoms with Crippen LogP contribution in [0.15, 0.2) is 0 Å². The van der Waals surface area contributed by atoms with Crippen LogP contribution < -0.4 is 5.32 Å². The molecule has 0 aromatic heterocycles. The van der Waals surface area contributed by atoms with Crippen molar-refractivity contribution < 1.29 is 14.6 Å². The number of amides is 1. The molecule has 0 aromatic carbocycles. The summed E-state index contributed by atoms with van der Waals surface area (Å²) in [5, 5.41) is 12.3. The summed E-state index contributed by atoms with van der Waals surface area (Å²) < 4.78 is 4.80. The minimum Gasteiger partial charge on any atom is -0.366 e. The molecule has 0 radical (unpaired) electrons. The molecule has 0 saturated carbocycles. The Hall–Kier alpha value is -0.610. The van der Waals surface area contributed by atoms with Crippen LogP contribution in [0.2, 0.25) is 0 Å². The number of hydrogen-bond acceptors (Lipinski definition) is 3. The van der Waals surface area contributed by atoms with Gasteiger partial charge in [-0.3, -0.25) is 4.79 Å². The van der Waals surface area contributed by atoms with E-state index in [0.717, 1.165) is 12.8 Å². The van der Waals surface area contributed by atoms with Crippen LogP contribution in [0.25, 0.3) is 0 Å². The summed E-state index contributed by atoms with van der Waals surface area (Å²) in [5.41, 5.74) is 0. The van der Waals surface area contributed by atoms with E-state index in [1.807, 2.05) is 6.92 Å². The van der Waals surface area contributed by atoms with Crippen molar-refractivity contribution in [2.45, 2.75) is 71.1 Å². The van der Waals surface area contributed by atoms with E-state index in [-0.39, 0.29) is 11.9 Å². The average Bonchev–Trinajstić information content (AvgIpc) is 2.34. The summed E-state index contributed by atoms with van der Waals surface area (Å²) >= 11 is 0. The molecule has 0 fully saturated rings. The molecule has 0 saturated heterocycles. The number of ether oxygens (including phenoxy) is 1. The molecule has 0 rings (SSSR count). The Labute approximate surface area is 105 Å². The van der Waals surface area contributed by atoms with Gasteiger partial charge in [-0.15, -0.1) is 0 Å². The lowest BCUT2D eigenvalue weighted by Gasteiger charge is -2.21. The van der Waals surface area contributed by atoms with Crippen molar-refractivity contribution in [2.24, 2.45) is 0 Å². The maximum Gasteiger partial charge on any atom is 0.220 e. The molecule has 0 aliphatic rings. The number of carbonyl (C=O) groups is 1. The van der Waals surface area contributed by atoms with Gasteiger partial charge in [0.05, 0.1) is 6.04 Å². The van der Waals surface area contributed by atoms with Crippen LogP contribution in [-0.2, 0) is 9.53 Å². The van der Waals surface area contributed by atoms with Crippen LogP contribution in [-0.4, -0.2) is 30.5 Å². The molecule has 2 N–H and O–H groups in total. The number of rotatable bonds is 10. The first-order valence-corrected chi connectivity index (χ1v) is 6.65. The molecule has 1 amide bonds. The molecule has 4 heteroatoms. The van der Waals surface area contributed by atoms with Gasteiger partial charge < -0.3 is 15.2 Å². The van der Waals surface area contributed by atoms with Crippen molar-refractivity contribution in [3.8, 4) is 0 Å². The summed E-state index contributed by atoms with van der Waals surface area (Å²) in [6, 6.07) is -0.303.